The zero-order valence-corrected chi connectivity index (χ0v) is 14.4. The number of aromatic nitrogens is 2. The molecule has 2 rings (SSSR count). The lowest BCUT2D eigenvalue weighted by molar-refractivity contribution is -0.117. The first-order valence-corrected chi connectivity index (χ1v) is 9.13. The van der Waals surface area contributed by atoms with Crippen molar-refractivity contribution in [2.75, 3.05) is 5.75 Å². The molecule has 1 aliphatic rings. The first kappa shape index (κ1) is 17.8. The number of urea groups is 1. The van der Waals surface area contributed by atoms with Gasteiger partial charge in [-0.2, -0.15) is 0 Å². The van der Waals surface area contributed by atoms with E-state index >= 15 is 0 Å². The number of carbonyl (C=O) groups is 2. The van der Waals surface area contributed by atoms with E-state index in [0.717, 1.165) is 31.0 Å². The van der Waals surface area contributed by atoms with Crippen molar-refractivity contribution in [1.29, 1.82) is 0 Å². The van der Waals surface area contributed by atoms with Gasteiger partial charge < -0.3 is 9.73 Å². The molecular weight excluding hydrogens is 316 g/mol. The smallest absolute Gasteiger partial charge is 0.321 e. The van der Waals surface area contributed by atoms with Crippen molar-refractivity contribution >= 4 is 23.7 Å². The van der Waals surface area contributed by atoms with Crippen LogP contribution in [0.1, 0.15) is 64.2 Å². The number of thioether (sulfide) groups is 1. The molecule has 0 bridgehead atoms. The van der Waals surface area contributed by atoms with Crippen LogP contribution in [0, 0.1) is 0 Å². The van der Waals surface area contributed by atoms with E-state index in [0.29, 0.717) is 17.0 Å². The Morgan fingerprint density at radius 1 is 1.30 bits per heavy atom. The van der Waals surface area contributed by atoms with Crippen molar-refractivity contribution < 1.29 is 14.0 Å². The van der Waals surface area contributed by atoms with Gasteiger partial charge in [0.1, 0.15) is 0 Å². The first-order valence-electron chi connectivity index (χ1n) is 8.15. The van der Waals surface area contributed by atoms with Crippen molar-refractivity contribution in [3.63, 3.8) is 0 Å². The largest absolute Gasteiger partial charge is 0.416 e. The summed E-state index contributed by atoms with van der Waals surface area (Å²) in [7, 11) is 0. The second-order valence-corrected chi connectivity index (χ2v) is 6.79. The van der Waals surface area contributed by atoms with Crippen LogP contribution < -0.4 is 10.6 Å². The number of imide groups is 1. The molecule has 1 fully saturated rings. The SMILES string of the molecule is CC[C@H](C)NC(=O)NC(=O)CSc1nnc(C2CCCCC2)o1. The van der Waals surface area contributed by atoms with E-state index in [4.69, 9.17) is 4.42 Å². The summed E-state index contributed by atoms with van der Waals surface area (Å²) < 4.78 is 5.62. The summed E-state index contributed by atoms with van der Waals surface area (Å²) in [4.78, 5) is 23.3. The van der Waals surface area contributed by atoms with Gasteiger partial charge in [-0.05, 0) is 26.2 Å². The molecule has 7 nitrogen and oxygen atoms in total. The van der Waals surface area contributed by atoms with E-state index in [-0.39, 0.29) is 17.7 Å². The molecule has 1 atom stereocenters. The summed E-state index contributed by atoms with van der Waals surface area (Å²) >= 11 is 1.15. The zero-order chi connectivity index (χ0) is 16.7. The Kier molecular flexibility index (Phi) is 6.88. The highest BCUT2D eigenvalue weighted by molar-refractivity contribution is 7.99. The lowest BCUT2D eigenvalue weighted by Gasteiger charge is -2.17. The summed E-state index contributed by atoms with van der Waals surface area (Å²) in [6, 6.07) is -0.442. The van der Waals surface area contributed by atoms with Gasteiger partial charge in [-0.25, -0.2) is 4.79 Å². The topological polar surface area (TPSA) is 97.1 Å². The van der Waals surface area contributed by atoms with Crippen molar-refractivity contribution in [2.24, 2.45) is 0 Å². The lowest BCUT2D eigenvalue weighted by atomic mass is 9.89. The summed E-state index contributed by atoms with van der Waals surface area (Å²) in [6.07, 6.45) is 6.64. The van der Waals surface area contributed by atoms with Crippen LogP contribution in [0.3, 0.4) is 0 Å². The molecule has 0 aliphatic heterocycles. The standard InChI is InChI=1S/C15H24N4O3S/c1-3-10(2)16-14(21)17-12(20)9-23-15-19-18-13(22-15)11-7-5-4-6-8-11/h10-11H,3-9H2,1-2H3,(H2,16,17,20,21)/t10-/m0/s1. The Bertz CT molecular complexity index is 529. The van der Waals surface area contributed by atoms with Crippen molar-refractivity contribution in [3.05, 3.63) is 5.89 Å². The predicted octanol–water partition coefficient (Wildman–Crippen LogP) is 2.83. The number of nitrogens with zero attached hydrogens (tertiary/aromatic N) is 2. The summed E-state index contributed by atoms with van der Waals surface area (Å²) in [6.45, 7) is 3.84. The normalized spacial score (nSPS) is 16.8. The fourth-order valence-corrected chi connectivity index (χ4v) is 3.01. The molecule has 1 saturated carbocycles. The molecule has 128 valence electrons. The molecule has 1 aromatic heterocycles. The van der Waals surface area contributed by atoms with Crippen LogP contribution in [0.15, 0.2) is 9.64 Å². The number of hydrogen-bond acceptors (Lipinski definition) is 6. The molecule has 1 aromatic rings. The van der Waals surface area contributed by atoms with Gasteiger partial charge in [0.2, 0.25) is 11.8 Å². The Balaban J connectivity index is 1.74. The summed E-state index contributed by atoms with van der Waals surface area (Å²) in [5.41, 5.74) is 0. The number of carbonyl (C=O) groups excluding carboxylic acids is 2. The van der Waals surface area contributed by atoms with Gasteiger partial charge in [0, 0.05) is 12.0 Å². The fourth-order valence-electron chi connectivity index (χ4n) is 2.45. The minimum absolute atomic E-state index is 0.0319. The molecule has 3 amide bonds. The lowest BCUT2D eigenvalue weighted by Crippen LogP contribution is -2.43. The molecule has 23 heavy (non-hydrogen) atoms. The van der Waals surface area contributed by atoms with Crippen LogP contribution in [0.5, 0.6) is 0 Å². The Hall–Kier alpha value is -1.57. The van der Waals surface area contributed by atoms with Crippen molar-refractivity contribution in [3.8, 4) is 0 Å². The third-order valence-corrected chi connectivity index (χ3v) is 4.76. The molecule has 1 aliphatic carbocycles. The summed E-state index contributed by atoms with van der Waals surface area (Å²) in [5, 5.41) is 13.4. The average Bonchev–Trinajstić information content (AvgIpc) is 3.02. The van der Waals surface area contributed by atoms with Gasteiger partial charge in [0.05, 0.1) is 5.75 Å². The second kappa shape index (κ2) is 8.90. The molecule has 1 heterocycles. The minimum atomic E-state index is -0.474. The van der Waals surface area contributed by atoms with E-state index in [1.54, 1.807) is 0 Å². The van der Waals surface area contributed by atoms with E-state index in [1.807, 2.05) is 13.8 Å². The number of hydrogen-bond donors (Lipinski definition) is 2. The minimum Gasteiger partial charge on any atom is -0.416 e. The predicted molar refractivity (Wildman–Crippen MR) is 87.3 cm³/mol. The van der Waals surface area contributed by atoms with Gasteiger partial charge >= 0.3 is 6.03 Å². The van der Waals surface area contributed by atoms with Crippen LogP contribution in [0.4, 0.5) is 4.79 Å². The second-order valence-electron chi connectivity index (χ2n) is 5.86. The molecule has 0 aromatic carbocycles. The van der Waals surface area contributed by atoms with E-state index < -0.39 is 6.03 Å². The monoisotopic (exact) mass is 340 g/mol. The van der Waals surface area contributed by atoms with Gasteiger partial charge in [-0.3, -0.25) is 10.1 Å². The van der Waals surface area contributed by atoms with E-state index in [2.05, 4.69) is 20.8 Å². The van der Waals surface area contributed by atoms with Crippen LogP contribution in [-0.4, -0.2) is 33.9 Å². The third-order valence-electron chi connectivity index (χ3n) is 3.95. The van der Waals surface area contributed by atoms with Gasteiger partial charge in [-0.15, -0.1) is 10.2 Å². The van der Waals surface area contributed by atoms with E-state index in [1.165, 1.54) is 19.3 Å². The van der Waals surface area contributed by atoms with Crippen molar-refractivity contribution in [2.45, 2.75) is 69.6 Å². The summed E-state index contributed by atoms with van der Waals surface area (Å²) in [5.74, 6) is 0.705. The van der Waals surface area contributed by atoms with Crippen molar-refractivity contribution in [1.82, 2.24) is 20.8 Å². The average molecular weight is 340 g/mol. The van der Waals surface area contributed by atoms with Crippen LogP contribution >= 0.6 is 11.8 Å². The van der Waals surface area contributed by atoms with Gasteiger partial charge in [0.25, 0.3) is 5.22 Å². The first-order chi connectivity index (χ1) is 11.1. The zero-order valence-electron chi connectivity index (χ0n) is 13.6. The molecule has 0 spiro atoms. The Morgan fingerprint density at radius 2 is 2.04 bits per heavy atom. The molecule has 0 unspecified atom stereocenters. The van der Waals surface area contributed by atoms with Crippen LogP contribution in [0.2, 0.25) is 0 Å². The molecule has 0 saturated heterocycles. The maximum Gasteiger partial charge on any atom is 0.321 e. The third kappa shape index (κ3) is 5.85. The van der Waals surface area contributed by atoms with Gasteiger partial charge in [0.15, 0.2) is 0 Å². The Morgan fingerprint density at radius 3 is 2.74 bits per heavy atom. The van der Waals surface area contributed by atoms with Crippen LogP contribution in [-0.2, 0) is 4.79 Å². The number of rotatable bonds is 6. The van der Waals surface area contributed by atoms with E-state index in [9.17, 15) is 9.59 Å². The van der Waals surface area contributed by atoms with Crippen LogP contribution in [0.25, 0.3) is 0 Å². The quantitative estimate of drug-likeness (QED) is 0.773. The number of amides is 3. The highest BCUT2D eigenvalue weighted by Crippen LogP contribution is 2.32. The van der Waals surface area contributed by atoms with Gasteiger partial charge in [-0.1, -0.05) is 37.9 Å². The molecule has 2 N–H and O–H groups in total. The highest BCUT2D eigenvalue weighted by atomic mass is 32.2. The Labute approximate surface area is 140 Å². The maximum atomic E-state index is 11.7. The molecule has 8 heteroatoms. The maximum absolute atomic E-state index is 11.7. The molecule has 0 radical (unpaired) electrons. The number of nitrogens with one attached hydrogen (secondary N) is 2. The fraction of sp³-hybridized carbons (Fsp3) is 0.733. The highest BCUT2D eigenvalue weighted by Gasteiger charge is 2.21. The molecular formula is C15H24N4O3S.